The lowest BCUT2D eigenvalue weighted by molar-refractivity contribution is -0.142. The third-order valence-electron chi connectivity index (χ3n) is 4.52. The Morgan fingerprint density at radius 1 is 1.35 bits per heavy atom. The number of hydrogen-bond donors (Lipinski definition) is 2. The van der Waals surface area contributed by atoms with Gasteiger partial charge in [-0.3, -0.25) is 4.79 Å². The third-order valence-corrected chi connectivity index (χ3v) is 5.57. The Morgan fingerprint density at radius 3 is 2.69 bits per heavy atom. The highest BCUT2D eigenvalue weighted by Gasteiger charge is 2.32. The molecule has 1 aliphatic heterocycles. The fourth-order valence-electron chi connectivity index (χ4n) is 3.13. The molecule has 3 rings (SSSR count). The van der Waals surface area contributed by atoms with Gasteiger partial charge in [-0.15, -0.1) is 11.3 Å². The van der Waals surface area contributed by atoms with E-state index in [9.17, 15) is 19.1 Å². The number of carboxylic acid groups (broad SMARTS) is 1. The van der Waals surface area contributed by atoms with Crippen molar-refractivity contribution in [3.8, 4) is 11.1 Å². The van der Waals surface area contributed by atoms with E-state index in [4.69, 9.17) is 4.74 Å². The van der Waals surface area contributed by atoms with Gasteiger partial charge in [-0.2, -0.15) is 0 Å². The summed E-state index contributed by atoms with van der Waals surface area (Å²) in [6, 6.07) is 6.81. The molecular formula is C19H20FNO4S. The van der Waals surface area contributed by atoms with Crippen LogP contribution in [0.3, 0.4) is 0 Å². The summed E-state index contributed by atoms with van der Waals surface area (Å²) < 4.78 is 18.5. The van der Waals surface area contributed by atoms with Gasteiger partial charge in [0.25, 0.3) is 5.91 Å². The Hall–Kier alpha value is -2.25. The molecule has 0 aliphatic carbocycles. The van der Waals surface area contributed by atoms with Crippen molar-refractivity contribution >= 4 is 23.2 Å². The van der Waals surface area contributed by atoms with Crippen molar-refractivity contribution in [2.75, 3.05) is 13.2 Å². The summed E-state index contributed by atoms with van der Waals surface area (Å²) in [6.45, 7) is 2.84. The maximum absolute atomic E-state index is 13.1. The third kappa shape index (κ3) is 4.11. The van der Waals surface area contributed by atoms with Crippen LogP contribution < -0.4 is 5.32 Å². The molecule has 0 bridgehead atoms. The lowest BCUT2D eigenvalue weighted by Crippen LogP contribution is -2.48. The van der Waals surface area contributed by atoms with Gasteiger partial charge in [-0.05, 0) is 49.1 Å². The van der Waals surface area contributed by atoms with Crippen molar-refractivity contribution in [3.05, 3.63) is 45.9 Å². The second-order valence-electron chi connectivity index (χ2n) is 6.35. The molecule has 5 nitrogen and oxygen atoms in total. The Morgan fingerprint density at radius 2 is 2.08 bits per heavy atom. The molecule has 1 amide bonds. The number of nitrogens with one attached hydrogen (secondary N) is 1. The summed E-state index contributed by atoms with van der Waals surface area (Å²) in [7, 11) is 0. The van der Waals surface area contributed by atoms with Crippen LogP contribution in [-0.2, 0) is 9.53 Å². The van der Waals surface area contributed by atoms with E-state index in [-0.39, 0.29) is 11.7 Å². The summed E-state index contributed by atoms with van der Waals surface area (Å²) >= 11 is 1.29. The fraction of sp³-hybridized carbons (Fsp3) is 0.368. The highest BCUT2D eigenvalue weighted by molar-refractivity contribution is 7.14. The molecule has 1 aromatic carbocycles. The molecule has 2 N–H and O–H groups in total. The summed E-state index contributed by atoms with van der Waals surface area (Å²) in [5.74, 6) is -2.02. The van der Waals surface area contributed by atoms with Gasteiger partial charge >= 0.3 is 5.97 Å². The van der Waals surface area contributed by atoms with Gasteiger partial charge < -0.3 is 15.2 Å². The number of carboxylic acids is 1. The zero-order valence-electron chi connectivity index (χ0n) is 14.3. The normalized spacial score (nSPS) is 18.3. The standard InChI is InChI=1S/C19H20FNO4S/c1-11-15(12-4-6-14(20)7-5-12)9-16(26-11)18(22)21-17(19(23)24)13-3-2-8-25-10-13/h4-7,9,13,17H,2-3,8,10H2,1H3,(H,21,22)(H,23,24). The van der Waals surface area contributed by atoms with Gasteiger partial charge in [0.1, 0.15) is 11.9 Å². The van der Waals surface area contributed by atoms with Gasteiger partial charge in [-0.1, -0.05) is 12.1 Å². The Balaban J connectivity index is 1.77. The first-order valence-electron chi connectivity index (χ1n) is 8.43. The van der Waals surface area contributed by atoms with Crippen LogP contribution in [0.15, 0.2) is 30.3 Å². The molecule has 1 aliphatic rings. The molecule has 1 saturated heterocycles. The van der Waals surface area contributed by atoms with Crippen molar-refractivity contribution in [3.63, 3.8) is 0 Å². The number of halogens is 1. The number of carbonyl (C=O) groups is 2. The minimum atomic E-state index is -1.05. The van der Waals surface area contributed by atoms with Crippen LogP contribution in [0, 0.1) is 18.7 Å². The van der Waals surface area contributed by atoms with Gasteiger partial charge in [0.2, 0.25) is 0 Å². The fourth-order valence-corrected chi connectivity index (χ4v) is 4.08. The summed E-state index contributed by atoms with van der Waals surface area (Å²) in [5, 5.41) is 12.1. The zero-order valence-corrected chi connectivity index (χ0v) is 15.1. The number of carbonyl (C=O) groups excluding carboxylic acids is 1. The number of aliphatic carboxylic acids is 1. The molecule has 26 heavy (non-hydrogen) atoms. The molecule has 2 heterocycles. The molecule has 1 fully saturated rings. The van der Waals surface area contributed by atoms with Crippen LogP contribution in [-0.4, -0.2) is 36.2 Å². The van der Waals surface area contributed by atoms with E-state index in [0.29, 0.717) is 24.5 Å². The second-order valence-corrected chi connectivity index (χ2v) is 7.61. The zero-order chi connectivity index (χ0) is 18.7. The quantitative estimate of drug-likeness (QED) is 0.837. The lowest BCUT2D eigenvalue weighted by atomic mass is 9.93. The van der Waals surface area contributed by atoms with Gasteiger partial charge in [0, 0.05) is 17.4 Å². The average Bonchev–Trinajstić information content (AvgIpc) is 3.02. The van der Waals surface area contributed by atoms with Gasteiger partial charge in [-0.25, -0.2) is 9.18 Å². The van der Waals surface area contributed by atoms with E-state index >= 15 is 0 Å². The highest BCUT2D eigenvalue weighted by Crippen LogP contribution is 2.31. The first-order chi connectivity index (χ1) is 12.5. The summed E-state index contributed by atoms with van der Waals surface area (Å²) in [6.07, 6.45) is 1.50. The molecule has 0 spiro atoms. The van der Waals surface area contributed by atoms with Crippen molar-refractivity contribution < 1.29 is 23.8 Å². The Kier molecular flexibility index (Phi) is 5.68. The predicted molar refractivity (Wildman–Crippen MR) is 96.9 cm³/mol. The van der Waals surface area contributed by atoms with E-state index < -0.39 is 17.9 Å². The molecule has 0 radical (unpaired) electrons. The topological polar surface area (TPSA) is 75.6 Å². The van der Waals surface area contributed by atoms with Crippen LogP contribution in [0.25, 0.3) is 11.1 Å². The van der Waals surface area contributed by atoms with Gasteiger partial charge in [0.15, 0.2) is 0 Å². The molecule has 1 aromatic heterocycles. The second kappa shape index (κ2) is 7.97. The Labute approximate surface area is 154 Å². The smallest absolute Gasteiger partial charge is 0.326 e. The van der Waals surface area contributed by atoms with Crippen molar-refractivity contribution in [2.45, 2.75) is 25.8 Å². The number of rotatable bonds is 5. The number of benzene rings is 1. The predicted octanol–water partition coefficient (Wildman–Crippen LogP) is 3.47. The molecule has 0 saturated carbocycles. The first-order valence-corrected chi connectivity index (χ1v) is 9.25. The summed E-state index contributed by atoms with van der Waals surface area (Å²) in [4.78, 5) is 25.5. The van der Waals surface area contributed by atoms with Crippen LogP contribution in [0.4, 0.5) is 4.39 Å². The summed E-state index contributed by atoms with van der Waals surface area (Å²) in [5.41, 5.74) is 1.66. The van der Waals surface area contributed by atoms with E-state index in [1.807, 2.05) is 6.92 Å². The first kappa shape index (κ1) is 18.5. The number of thiophene rings is 1. The molecule has 2 aromatic rings. The van der Waals surface area contributed by atoms with Crippen molar-refractivity contribution in [1.82, 2.24) is 5.32 Å². The number of amides is 1. The molecule has 2 atom stereocenters. The largest absolute Gasteiger partial charge is 0.480 e. The van der Waals surface area contributed by atoms with Crippen LogP contribution in [0.5, 0.6) is 0 Å². The van der Waals surface area contributed by atoms with E-state index in [2.05, 4.69) is 5.32 Å². The number of aryl methyl sites for hydroxylation is 1. The molecule has 2 unspecified atom stereocenters. The average molecular weight is 377 g/mol. The van der Waals surface area contributed by atoms with E-state index in [1.54, 1.807) is 18.2 Å². The van der Waals surface area contributed by atoms with Crippen molar-refractivity contribution in [2.24, 2.45) is 5.92 Å². The monoisotopic (exact) mass is 377 g/mol. The van der Waals surface area contributed by atoms with E-state index in [0.717, 1.165) is 22.4 Å². The molecule has 7 heteroatoms. The number of ether oxygens (including phenoxy) is 1. The Bertz CT molecular complexity index is 796. The number of hydrogen-bond acceptors (Lipinski definition) is 4. The van der Waals surface area contributed by atoms with Gasteiger partial charge in [0.05, 0.1) is 11.5 Å². The van der Waals surface area contributed by atoms with E-state index in [1.165, 1.54) is 23.5 Å². The van der Waals surface area contributed by atoms with Crippen LogP contribution in [0.1, 0.15) is 27.4 Å². The maximum Gasteiger partial charge on any atom is 0.326 e. The molecular weight excluding hydrogens is 357 g/mol. The minimum absolute atomic E-state index is 0.233. The van der Waals surface area contributed by atoms with Crippen LogP contribution in [0.2, 0.25) is 0 Å². The lowest BCUT2D eigenvalue weighted by Gasteiger charge is -2.27. The molecule has 138 valence electrons. The van der Waals surface area contributed by atoms with Crippen molar-refractivity contribution in [1.29, 1.82) is 0 Å². The maximum atomic E-state index is 13.1. The van der Waals surface area contributed by atoms with Crippen LogP contribution >= 0.6 is 11.3 Å². The highest BCUT2D eigenvalue weighted by atomic mass is 32.1. The minimum Gasteiger partial charge on any atom is -0.480 e. The SMILES string of the molecule is Cc1sc(C(=O)NC(C(=O)O)C2CCCOC2)cc1-c1ccc(F)cc1.